The number of benzene rings is 1. The predicted octanol–water partition coefficient (Wildman–Crippen LogP) is 0.724. The minimum atomic E-state index is -1.18. The molecule has 2 aliphatic heterocycles. The highest BCUT2D eigenvalue weighted by molar-refractivity contribution is 6.47. The van der Waals surface area contributed by atoms with E-state index < -0.39 is 35.7 Å². The molecule has 3 rings (SSSR count). The van der Waals surface area contributed by atoms with Crippen molar-refractivity contribution in [1.82, 2.24) is 5.01 Å². The van der Waals surface area contributed by atoms with Gasteiger partial charge in [-0.2, -0.15) is 5.10 Å². The number of hydrogen-bond acceptors (Lipinski definition) is 7. The number of fused-ring (bicyclic) bond motifs is 1. The highest BCUT2D eigenvalue weighted by Crippen LogP contribution is 2.36. The van der Waals surface area contributed by atoms with Gasteiger partial charge in [0, 0.05) is 6.92 Å². The largest absolute Gasteiger partial charge is 0.494 e. The Morgan fingerprint density at radius 1 is 1.07 bits per heavy atom. The molecule has 0 spiro atoms. The zero-order valence-electron chi connectivity index (χ0n) is 15.2. The topological polar surface area (TPSA) is 106 Å². The van der Waals surface area contributed by atoms with Crippen LogP contribution in [-0.2, 0) is 23.9 Å². The average molecular weight is 373 g/mol. The van der Waals surface area contributed by atoms with Crippen molar-refractivity contribution < 1.29 is 28.7 Å². The van der Waals surface area contributed by atoms with Gasteiger partial charge in [-0.3, -0.25) is 14.4 Å². The molecule has 2 atom stereocenters. The van der Waals surface area contributed by atoms with E-state index >= 15 is 0 Å². The van der Waals surface area contributed by atoms with E-state index in [2.05, 4.69) is 5.10 Å². The highest BCUT2D eigenvalue weighted by Gasteiger charge is 2.59. The summed E-state index contributed by atoms with van der Waals surface area (Å²) in [5.41, 5.74) is 0.0957. The molecule has 0 aliphatic carbocycles. The summed E-state index contributed by atoms with van der Waals surface area (Å²) in [6, 6.07) is 5.23. The van der Waals surface area contributed by atoms with E-state index in [0.717, 1.165) is 9.91 Å². The van der Waals surface area contributed by atoms with Crippen LogP contribution < -0.4 is 9.64 Å². The molecule has 27 heavy (non-hydrogen) atoms. The molecule has 9 heteroatoms. The Morgan fingerprint density at radius 2 is 1.74 bits per heavy atom. The first-order chi connectivity index (χ1) is 12.9. The number of carbonyl (C=O) groups excluding carboxylic acids is 4. The fraction of sp³-hybridized carbons (Fsp3) is 0.389. The smallest absolute Gasteiger partial charge is 0.355 e. The first kappa shape index (κ1) is 18.6. The Morgan fingerprint density at radius 3 is 2.30 bits per heavy atom. The Bertz CT molecular complexity index is 832. The maximum atomic E-state index is 12.9. The number of hydrazone groups is 1. The molecule has 2 unspecified atom stereocenters. The Labute approximate surface area is 155 Å². The molecule has 2 heterocycles. The normalized spacial score (nSPS) is 21.2. The summed E-state index contributed by atoms with van der Waals surface area (Å²) in [7, 11) is 0. The zero-order valence-corrected chi connectivity index (χ0v) is 15.2. The molecule has 2 aliphatic rings. The van der Waals surface area contributed by atoms with E-state index in [0.29, 0.717) is 18.0 Å². The van der Waals surface area contributed by atoms with Crippen molar-refractivity contribution in [3.05, 3.63) is 24.3 Å². The third-order valence-corrected chi connectivity index (χ3v) is 4.26. The number of amides is 3. The lowest BCUT2D eigenvalue weighted by molar-refractivity contribution is -0.136. The number of carbonyl (C=O) groups is 4. The number of hydrogen-bond donors (Lipinski definition) is 0. The van der Waals surface area contributed by atoms with Crippen LogP contribution in [0.4, 0.5) is 5.69 Å². The van der Waals surface area contributed by atoms with Crippen LogP contribution in [0.1, 0.15) is 20.8 Å². The van der Waals surface area contributed by atoms with E-state index in [9.17, 15) is 19.2 Å². The molecule has 1 saturated heterocycles. The first-order valence-corrected chi connectivity index (χ1v) is 8.56. The molecule has 9 nitrogen and oxygen atoms in total. The standard InChI is InChI=1S/C18H19N3O6/c1-4-26-12-8-6-11(7-9-12)20-16(23)13-14(18(25)27-5-2)19-21(10(3)22)15(13)17(20)24/h6-9,13,15H,4-5H2,1-3H3. The van der Waals surface area contributed by atoms with E-state index in [1.54, 1.807) is 31.2 Å². The number of ether oxygens (including phenoxy) is 2. The molecule has 0 saturated carbocycles. The van der Waals surface area contributed by atoms with Gasteiger partial charge in [0.25, 0.3) is 5.91 Å². The molecular formula is C18H19N3O6. The van der Waals surface area contributed by atoms with Crippen molar-refractivity contribution >= 4 is 35.1 Å². The van der Waals surface area contributed by atoms with Crippen LogP contribution in [0, 0.1) is 5.92 Å². The SMILES string of the molecule is CCOC(=O)C1=NN(C(C)=O)C2C(=O)N(c3ccc(OCC)cc3)C(=O)C12. The van der Waals surface area contributed by atoms with Gasteiger partial charge in [-0.1, -0.05) is 0 Å². The molecule has 3 amide bonds. The summed E-state index contributed by atoms with van der Waals surface area (Å²) in [6.45, 7) is 5.24. The average Bonchev–Trinajstić information content (AvgIpc) is 3.14. The van der Waals surface area contributed by atoms with Gasteiger partial charge in [0.2, 0.25) is 11.8 Å². The number of esters is 1. The lowest BCUT2D eigenvalue weighted by atomic mass is 9.98. The molecule has 1 fully saturated rings. The first-order valence-electron chi connectivity index (χ1n) is 8.56. The molecule has 0 N–H and O–H groups in total. The van der Waals surface area contributed by atoms with Crippen LogP contribution in [0.3, 0.4) is 0 Å². The predicted molar refractivity (Wildman–Crippen MR) is 94.0 cm³/mol. The maximum absolute atomic E-state index is 12.9. The number of anilines is 1. The second-order valence-electron chi connectivity index (χ2n) is 5.93. The van der Waals surface area contributed by atoms with Gasteiger partial charge in [0.05, 0.1) is 18.9 Å². The summed E-state index contributed by atoms with van der Waals surface area (Å²) >= 11 is 0. The van der Waals surface area contributed by atoms with Gasteiger partial charge in [-0.25, -0.2) is 14.7 Å². The summed E-state index contributed by atoms with van der Waals surface area (Å²) in [6.07, 6.45) is 0. The Hall–Kier alpha value is -3.23. The lowest BCUT2D eigenvalue weighted by Gasteiger charge is -2.19. The van der Waals surface area contributed by atoms with Gasteiger partial charge >= 0.3 is 5.97 Å². The second kappa shape index (κ2) is 7.18. The van der Waals surface area contributed by atoms with Crippen LogP contribution >= 0.6 is 0 Å². The fourth-order valence-corrected chi connectivity index (χ4v) is 3.16. The van der Waals surface area contributed by atoms with Crippen LogP contribution in [0.15, 0.2) is 29.4 Å². The maximum Gasteiger partial charge on any atom is 0.355 e. The number of rotatable bonds is 5. The van der Waals surface area contributed by atoms with Crippen LogP contribution in [0.25, 0.3) is 0 Å². The monoisotopic (exact) mass is 373 g/mol. The van der Waals surface area contributed by atoms with Gasteiger partial charge < -0.3 is 9.47 Å². The van der Waals surface area contributed by atoms with Crippen LogP contribution in [-0.4, -0.2) is 53.7 Å². The van der Waals surface area contributed by atoms with Crippen molar-refractivity contribution in [2.45, 2.75) is 26.8 Å². The molecule has 1 aromatic rings. The second-order valence-corrected chi connectivity index (χ2v) is 5.93. The summed E-state index contributed by atoms with van der Waals surface area (Å²) in [4.78, 5) is 50.9. The van der Waals surface area contributed by atoms with Crippen molar-refractivity contribution in [2.75, 3.05) is 18.1 Å². The molecule has 0 bridgehead atoms. The van der Waals surface area contributed by atoms with E-state index in [1.165, 1.54) is 6.92 Å². The molecule has 0 radical (unpaired) electrons. The Balaban J connectivity index is 1.96. The molecule has 0 aromatic heterocycles. The summed E-state index contributed by atoms with van der Waals surface area (Å²) < 4.78 is 10.3. The van der Waals surface area contributed by atoms with Crippen molar-refractivity contribution in [3.8, 4) is 5.75 Å². The van der Waals surface area contributed by atoms with E-state index in [-0.39, 0.29) is 12.3 Å². The minimum Gasteiger partial charge on any atom is -0.494 e. The third-order valence-electron chi connectivity index (χ3n) is 4.26. The fourth-order valence-electron chi connectivity index (χ4n) is 3.16. The zero-order chi connectivity index (χ0) is 19.7. The van der Waals surface area contributed by atoms with E-state index in [1.807, 2.05) is 6.92 Å². The lowest BCUT2D eigenvalue weighted by Crippen LogP contribution is -2.41. The number of imide groups is 1. The number of nitrogens with zero attached hydrogens (tertiary/aromatic N) is 3. The van der Waals surface area contributed by atoms with Gasteiger partial charge in [0.15, 0.2) is 11.8 Å². The van der Waals surface area contributed by atoms with Gasteiger partial charge in [-0.15, -0.1) is 0 Å². The van der Waals surface area contributed by atoms with E-state index in [4.69, 9.17) is 9.47 Å². The van der Waals surface area contributed by atoms with Crippen LogP contribution in [0.5, 0.6) is 5.75 Å². The quantitative estimate of drug-likeness (QED) is 0.556. The summed E-state index contributed by atoms with van der Waals surface area (Å²) in [5.74, 6) is -3.17. The van der Waals surface area contributed by atoms with Crippen molar-refractivity contribution in [3.63, 3.8) is 0 Å². The van der Waals surface area contributed by atoms with Gasteiger partial charge in [0.1, 0.15) is 11.7 Å². The van der Waals surface area contributed by atoms with Crippen LogP contribution in [0.2, 0.25) is 0 Å². The van der Waals surface area contributed by atoms with Crippen molar-refractivity contribution in [1.29, 1.82) is 0 Å². The minimum absolute atomic E-state index is 0.0834. The molecular weight excluding hydrogens is 354 g/mol. The Kier molecular flexibility index (Phi) is 4.93. The highest BCUT2D eigenvalue weighted by atomic mass is 16.5. The van der Waals surface area contributed by atoms with Gasteiger partial charge in [-0.05, 0) is 38.1 Å². The summed E-state index contributed by atoms with van der Waals surface area (Å²) in [5, 5.41) is 4.78. The van der Waals surface area contributed by atoms with Crippen molar-refractivity contribution in [2.24, 2.45) is 11.0 Å². The molecule has 142 valence electrons. The molecule has 1 aromatic carbocycles. The third kappa shape index (κ3) is 3.05.